The summed E-state index contributed by atoms with van der Waals surface area (Å²) >= 11 is 0. The van der Waals surface area contributed by atoms with Gasteiger partial charge in [-0.15, -0.1) is 0 Å². The number of likely N-dealkylation sites (tertiary alicyclic amines) is 1. The third-order valence-electron chi connectivity index (χ3n) is 5.63. The largest absolute Gasteiger partial charge is 0.493 e. The second kappa shape index (κ2) is 9.96. The number of pyridine rings is 1. The lowest BCUT2D eigenvalue weighted by Gasteiger charge is -2.30. The fourth-order valence-electron chi connectivity index (χ4n) is 4.11. The first-order valence-electron chi connectivity index (χ1n) is 10.9. The summed E-state index contributed by atoms with van der Waals surface area (Å²) in [4.78, 5) is 6.97. The van der Waals surface area contributed by atoms with Crippen molar-refractivity contribution in [1.29, 1.82) is 0 Å². The Kier molecular flexibility index (Phi) is 6.87. The summed E-state index contributed by atoms with van der Waals surface area (Å²) in [5.41, 5.74) is 0.731. The molecule has 1 aliphatic rings. The topological polar surface area (TPSA) is 43.8 Å². The quantitative estimate of drug-likeness (QED) is 0.436. The Labute approximate surface area is 182 Å². The van der Waals surface area contributed by atoms with E-state index in [1.165, 1.54) is 38.1 Å². The molecule has 1 aromatic heterocycles. The number of hydrogen-bond donors (Lipinski definition) is 0. The number of hydrogen-bond acceptors (Lipinski definition) is 5. The van der Waals surface area contributed by atoms with E-state index in [1.54, 1.807) is 31.5 Å². The standard InChI is InChI=1S/C25H29FN2O3/c1-18-6-4-11-28(17-18)12-5-13-30-25-16-22-21(15-24(25)29-2)23(9-10-27-22)31-20-8-3-7-19(26)14-20/h3,7-10,14-16,18H,4-6,11-13,17H2,1-2H3. The second-order valence-electron chi connectivity index (χ2n) is 8.14. The molecule has 2 aromatic carbocycles. The van der Waals surface area contributed by atoms with Crippen molar-refractivity contribution in [2.24, 2.45) is 5.92 Å². The number of aromatic nitrogens is 1. The molecule has 2 heterocycles. The van der Waals surface area contributed by atoms with Crippen LogP contribution in [0.25, 0.3) is 10.9 Å². The first-order valence-corrected chi connectivity index (χ1v) is 10.9. The van der Waals surface area contributed by atoms with Crippen LogP contribution in [0.2, 0.25) is 0 Å². The number of rotatable bonds is 8. The van der Waals surface area contributed by atoms with Gasteiger partial charge in [-0.1, -0.05) is 13.0 Å². The lowest BCUT2D eigenvalue weighted by Crippen LogP contribution is -2.35. The van der Waals surface area contributed by atoms with E-state index in [0.29, 0.717) is 29.6 Å². The van der Waals surface area contributed by atoms with Crippen LogP contribution in [0.5, 0.6) is 23.0 Å². The maximum Gasteiger partial charge on any atom is 0.163 e. The minimum atomic E-state index is -0.344. The van der Waals surface area contributed by atoms with Gasteiger partial charge < -0.3 is 19.1 Å². The summed E-state index contributed by atoms with van der Waals surface area (Å²) in [6.07, 6.45) is 5.25. The van der Waals surface area contributed by atoms with Crippen LogP contribution in [0.15, 0.2) is 48.7 Å². The van der Waals surface area contributed by atoms with Crippen molar-refractivity contribution in [3.63, 3.8) is 0 Å². The van der Waals surface area contributed by atoms with E-state index in [0.717, 1.165) is 29.8 Å². The van der Waals surface area contributed by atoms with Gasteiger partial charge in [0.25, 0.3) is 0 Å². The van der Waals surface area contributed by atoms with Crippen molar-refractivity contribution in [3.8, 4) is 23.0 Å². The highest BCUT2D eigenvalue weighted by molar-refractivity contribution is 5.88. The van der Waals surface area contributed by atoms with Crippen molar-refractivity contribution >= 4 is 10.9 Å². The van der Waals surface area contributed by atoms with Crippen LogP contribution in [0.3, 0.4) is 0 Å². The van der Waals surface area contributed by atoms with Gasteiger partial charge in [-0.3, -0.25) is 4.98 Å². The van der Waals surface area contributed by atoms with Crippen LogP contribution in [0.1, 0.15) is 26.2 Å². The number of piperidine rings is 1. The number of fused-ring (bicyclic) bond motifs is 1. The van der Waals surface area contributed by atoms with Crippen LogP contribution in [-0.2, 0) is 0 Å². The highest BCUT2D eigenvalue weighted by Gasteiger charge is 2.16. The van der Waals surface area contributed by atoms with E-state index in [4.69, 9.17) is 14.2 Å². The van der Waals surface area contributed by atoms with Gasteiger partial charge in [0.05, 0.1) is 19.2 Å². The zero-order chi connectivity index (χ0) is 21.6. The summed E-state index contributed by atoms with van der Waals surface area (Å²) in [6, 6.07) is 11.6. The Bertz CT molecular complexity index is 1030. The molecule has 0 saturated carbocycles. The van der Waals surface area contributed by atoms with Crippen molar-refractivity contribution in [3.05, 3.63) is 54.5 Å². The molecule has 1 unspecified atom stereocenters. The zero-order valence-electron chi connectivity index (χ0n) is 18.1. The molecule has 3 aromatic rings. The van der Waals surface area contributed by atoms with Crippen LogP contribution < -0.4 is 14.2 Å². The second-order valence-corrected chi connectivity index (χ2v) is 8.14. The van der Waals surface area contributed by atoms with E-state index in [1.807, 2.05) is 12.1 Å². The number of nitrogens with zero attached hydrogens (tertiary/aromatic N) is 2. The van der Waals surface area contributed by atoms with Gasteiger partial charge in [0.1, 0.15) is 17.3 Å². The van der Waals surface area contributed by atoms with Crippen molar-refractivity contribution in [1.82, 2.24) is 9.88 Å². The molecule has 0 spiro atoms. The smallest absolute Gasteiger partial charge is 0.163 e. The average Bonchev–Trinajstić information content (AvgIpc) is 2.76. The molecule has 1 saturated heterocycles. The number of benzene rings is 2. The van der Waals surface area contributed by atoms with Gasteiger partial charge in [0.15, 0.2) is 11.5 Å². The monoisotopic (exact) mass is 424 g/mol. The average molecular weight is 425 g/mol. The van der Waals surface area contributed by atoms with Gasteiger partial charge in [0.2, 0.25) is 0 Å². The highest BCUT2D eigenvalue weighted by atomic mass is 19.1. The maximum atomic E-state index is 13.5. The van der Waals surface area contributed by atoms with Gasteiger partial charge in [-0.25, -0.2) is 4.39 Å². The summed E-state index contributed by atoms with van der Waals surface area (Å²) in [6.45, 7) is 6.34. The van der Waals surface area contributed by atoms with E-state index in [2.05, 4.69) is 16.8 Å². The fraction of sp³-hybridized carbons (Fsp3) is 0.400. The molecule has 31 heavy (non-hydrogen) atoms. The zero-order valence-corrected chi connectivity index (χ0v) is 18.1. The predicted octanol–water partition coefficient (Wildman–Crippen LogP) is 5.68. The normalized spacial score (nSPS) is 16.9. The SMILES string of the molecule is COc1cc2c(Oc3cccc(F)c3)ccnc2cc1OCCCN1CCCC(C)C1. The maximum absolute atomic E-state index is 13.5. The Morgan fingerprint density at radius 2 is 2.03 bits per heavy atom. The van der Waals surface area contributed by atoms with Crippen LogP contribution in [0, 0.1) is 11.7 Å². The lowest BCUT2D eigenvalue weighted by atomic mass is 10.0. The summed E-state index contributed by atoms with van der Waals surface area (Å²) in [5.74, 6) is 2.74. The lowest BCUT2D eigenvalue weighted by molar-refractivity contribution is 0.169. The first-order chi connectivity index (χ1) is 15.1. The Morgan fingerprint density at radius 1 is 1.13 bits per heavy atom. The molecule has 0 N–H and O–H groups in total. The molecule has 1 aliphatic heterocycles. The molecule has 0 aliphatic carbocycles. The minimum Gasteiger partial charge on any atom is -0.493 e. The van der Waals surface area contributed by atoms with Crippen molar-refractivity contribution in [2.45, 2.75) is 26.2 Å². The highest BCUT2D eigenvalue weighted by Crippen LogP contribution is 2.37. The third-order valence-corrected chi connectivity index (χ3v) is 5.63. The molecule has 5 nitrogen and oxygen atoms in total. The molecule has 1 atom stereocenters. The summed E-state index contributed by atoms with van der Waals surface area (Å²) < 4.78 is 31.0. The molecule has 0 radical (unpaired) electrons. The molecule has 1 fully saturated rings. The number of methoxy groups -OCH3 is 1. The van der Waals surface area contributed by atoms with E-state index < -0.39 is 0 Å². The molecule has 0 bridgehead atoms. The fourth-order valence-corrected chi connectivity index (χ4v) is 4.11. The van der Waals surface area contributed by atoms with E-state index >= 15 is 0 Å². The number of halogens is 1. The van der Waals surface area contributed by atoms with Crippen molar-refractivity contribution in [2.75, 3.05) is 33.4 Å². The van der Waals surface area contributed by atoms with Gasteiger partial charge >= 0.3 is 0 Å². The van der Waals surface area contributed by atoms with Gasteiger partial charge in [-0.05, 0) is 56.0 Å². The van der Waals surface area contributed by atoms with Crippen LogP contribution in [0.4, 0.5) is 4.39 Å². The molecular weight excluding hydrogens is 395 g/mol. The Morgan fingerprint density at radius 3 is 2.84 bits per heavy atom. The van der Waals surface area contributed by atoms with E-state index in [9.17, 15) is 4.39 Å². The van der Waals surface area contributed by atoms with Crippen LogP contribution in [-0.4, -0.2) is 43.2 Å². The van der Waals surface area contributed by atoms with Gasteiger partial charge in [0, 0.05) is 36.8 Å². The first kappa shape index (κ1) is 21.4. The summed E-state index contributed by atoms with van der Waals surface area (Å²) in [7, 11) is 1.62. The van der Waals surface area contributed by atoms with Crippen LogP contribution >= 0.6 is 0 Å². The minimum absolute atomic E-state index is 0.344. The Hall–Kier alpha value is -2.86. The molecular formula is C25H29FN2O3. The molecule has 4 rings (SSSR count). The number of ether oxygens (including phenoxy) is 3. The van der Waals surface area contributed by atoms with Gasteiger partial charge in [-0.2, -0.15) is 0 Å². The molecule has 0 amide bonds. The predicted molar refractivity (Wildman–Crippen MR) is 120 cm³/mol. The summed E-state index contributed by atoms with van der Waals surface area (Å²) in [5, 5.41) is 0.776. The molecule has 164 valence electrons. The Balaban J connectivity index is 1.46. The van der Waals surface area contributed by atoms with Crippen molar-refractivity contribution < 1.29 is 18.6 Å². The van der Waals surface area contributed by atoms with E-state index in [-0.39, 0.29) is 5.82 Å². The third kappa shape index (κ3) is 5.44. The molecule has 6 heteroatoms.